The maximum atomic E-state index is 14.0. The van der Waals surface area contributed by atoms with Crippen molar-refractivity contribution in [3.05, 3.63) is 0 Å². The molecule has 4 bridgehead atoms. The van der Waals surface area contributed by atoms with E-state index in [-0.39, 0.29) is 0 Å². The molecule has 4 rings (SSSR count). The molecule has 0 heterocycles. The molecule has 0 aromatic carbocycles. The van der Waals surface area contributed by atoms with Gasteiger partial charge in [0.1, 0.15) is 5.67 Å². The van der Waals surface area contributed by atoms with Crippen LogP contribution in [0, 0.1) is 17.8 Å². The summed E-state index contributed by atoms with van der Waals surface area (Å²) in [6.07, 6.45) is 4.79. The van der Waals surface area contributed by atoms with Gasteiger partial charge in [0.05, 0.1) is 0 Å². The van der Waals surface area contributed by atoms with Crippen LogP contribution in [-0.2, 0) is 0 Å². The lowest BCUT2D eigenvalue weighted by Crippen LogP contribution is -2.57. The predicted molar refractivity (Wildman–Crippen MR) is 45.4 cm³/mol. The van der Waals surface area contributed by atoms with Gasteiger partial charge in [0.25, 0.3) is 0 Å². The van der Waals surface area contributed by atoms with Gasteiger partial charge in [0.2, 0.25) is 0 Å². The molecule has 0 spiro atoms. The van der Waals surface area contributed by atoms with E-state index in [0.717, 1.165) is 19.3 Å². The van der Waals surface area contributed by atoms with Crippen molar-refractivity contribution in [2.24, 2.45) is 23.5 Å². The van der Waals surface area contributed by atoms with Gasteiger partial charge in [-0.15, -0.1) is 0 Å². The summed E-state index contributed by atoms with van der Waals surface area (Å²) in [6, 6.07) is 0.324. The first-order valence-corrected chi connectivity index (χ1v) is 5.11. The third-order valence-corrected chi connectivity index (χ3v) is 4.27. The minimum absolute atomic E-state index is 0.324. The van der Waals surface area contributed by atoms with Crippen molar-refractivity contribution in [2.75, 3.05) is 0 Å². The minimum atomic E-state index is -0.799. The third-order valence-electron chi connectivity index (χ3n) is 4.27. The number of rotatable bonds is 0. The second kappa shape index (κ2) is 2.03. The molecule has 0 aliphatic heterocycles. The zero-order chi connectivity index (χ0) is 8.34. The largest absolute Gasteiger partial charge is 0.327 e. The molecule has 4 aliphatic rings. The molecule has 5 atom stereocenters. The summed E-state index contributed by atoms with van der Waals surface area (Å²) in [4.78, 5) is 0. The quantitative estimate of drug-likeness (QED) is 0.588. The highest BCUT2D eigenvalue weighted by atomic mass is 19.1. The van der Waals surface area contributed by atoms with Gasteiger partial charge in [0, 0.05) is 6.04 Å². The van der Waals surface area contributed by atoms with Gasteiger partial charge < -0.3 is 5.73 Å². The molecule has 2 N–H and O–H groups in total. The zero-order valence-electron chi connectivity index (χ0n) is 7.30. The first-order valence-electron chi connectivity index (χ1n) is 5.11. The number of nitrogens with two attached hydrogens (primary N) is 1. The Hall–Kier alpha value is -0.110. The van der Waals surface area contributed by atoms with Crippen molar-refractivity contribution >= 4 is 0 Å². The summed E-state index contributed by atoms with van der Waals surface area (Å²) in [5.41, 5.74) is 5.26. The lowest BCUT2D eigenvalue weighted by Gasteiger charge is -2.55. The monoisotopic (exact) mass is 169 g/mol. The molecule has 1 unspecified atom stereocenters. The predicted octanol–water partition coefficient (Wildman–Crippen LogP) is 1.86. The fourth-order valence-electron chi connectivity index (χ4n) is 3.96. The fourth-order valence-corrected chi connectivity index (χ4v) is 3.96. The molecule has 1 nitrogen and oxygen atoms in total. The van der Waals surface area contributed by atoms with E-state index in [2.05, 4.69) is 0 Å². The van der Waals surface area contributed by atoms with Crippen LogP contribution in [0.4, 0.5) is 4.39 Å². The van der Waals surface area contributed by atoms with Gasteiger partial charge in [-0.25, -0.2) is 4.39 Å². The summed E-state index contributed by atoms with van der Waals surface area (Å²) >= 11 is 0. The molecule has 4 fully saturated rings. The molecule has 0 radical (unpaired) electrons. The van der Waals surface area contributed by atoms with E-state index in [0.29, 0.717) is 23.8 Å². The van der Waals surface area contributed by atoms with Gasteiger partial charge in [-0.2, -0.15) is 0 Å². The molecule has 12 heavy (non-hydrogen) atoms. The number of hydrogen-bond acceptors (Lipinski definition) is 1. The normalized spacial score (nSPS) is 62.5. The second-order valence-corrected chi connectivity index (χ2v) is 5.20. The van der Waals surface area contributed by atoms with Crippen LogP contribution in [0.1, 0.15) is 32.1 Å². The smallest absolute Gasteiger partial charge is 0.112 e. The Kier molecular flexibility index (Phi) is 1.24. The molecule has 0 aromatic rings. The van der Waals surface area contributed by atoms with E-state index in [1.54, 1.807) is 0 Å². The Bertz CT molecular complexity index is 200. The summed E-state index contributed by atoms with van der Waals surface area (Å²) in [5.74, 6) is 1.70. The molecular weight excluding hydrogens is 153 g/mol. The van der Waals surface area contributed by atoms with Crippen LogP contribution in [-0.4, -0.2) is 11.7 Å². The highest BCUT2D eigenvalue weighted by Crippen LogP contribution is 2.56. The Morgan fingerprint density at radius 1 is 1.08 bits per heavy atom. The van der Waals surface area contributed by atoms with E-state index in [4.69, 9.17) is 5.73 Å². The van der Waals surface area contributed by atoms with E-state index in [9.17, 15) is 4.39 Å². The lowest BCUT2D eigenvalue weighted by molar-refractivity contribution is -0.0845. The first-order chi connectivity index (χ1) is 5.66. The van der Waals surface area contributed by atoms with Gasteiger partial charge in [-0.05, 0) is 49.9 Å². The highest BCUT2D eigenvalue weighted by molar-refractivity contribution is 5.07. The minimum Gasteiger partial charge on any atom is -0.327 e. The van der Waals surface area contributed by atoms with Crippen LogP contribution < -0.4 is 5.73 Å². The molecule has 2 heteroatoms. The fraction of sp³-hybridized carbons (Fsp3) is 1.00. The van der Waals surface area contributed by atoms with E-state index >= 15 is 0 Å². The molecule has 68 valence electrons. The Labute approximate surface area is 72.5 Å². The van der Waals surface area contributed by atoms with Crippen molar-refractivity contribution < 1.29 is 4.39 Å². The third kappa shape index (κ3) is 0.819. The zero-order valence-corrected chi connectivity index (χ0v) is 7.30. The van der Waals surface area contributed by atoms with Crippen molar-refractivity contribution in [3.63, 3.8) is 0 Å². The van der Waals surface area contributed by atoms with Crippen LogP contribution in [0.3, 0.4) is 0 Å². The number of halogens is 1. The average molecular weight is 169 g/mol. The Balaban J connectivity index is 1.95. The van der Waals surface area contributed by atoms with E-state index in [1.807, 2.05) is 0 Å². The van der Waals surface area contributed by atoms with Gasteiger partial charge >= 0.3 is 0 Å². The Morgan fingerprint density at radius 3 is 2.17 bits per heavy atom. The lowest BCUT2D eigenvalue weighted by atomic mass is 9.53. The van der Waals surface area contributed by atoms with Gasteiger partial charge in [0.15, 0.2) is 0 Å². The van der Waals surface area contributed by atoms with Crippen molar-refractivity contribution in [2.45, 2.75) is 43.8 Å². The molecule has 0 aromatic heterocycles. The summed E-state index contributed by atoms with van der Waals surface area (Å²) in [7, 11) is 0. The van der Waals surface area contributed by atoms with E-state index in [1.165, 1.54) is 12.8 Å². The van der Waals surface area contributed by atoms with Crippen molar-refractivity contribution in [3.8, 4) is 0 Å². The summed E-state index contributed by atoms with van der Waals surface area (Å²) < 4.78 is 14.0. The summed E-state index contributed by atoms with van der Waals surface area (Å²) in [5, 5.41) is 0. The van der Waals surface area contributed by atoms with Crippen molar-refractivity contribution in [1.82, 2.24) is 0 Å². The molecular formula is C10H16FN. The first kappa shape index (κ1) is 7.31. The maximum Gasteiger partial charge on any atom is 0.112 e. The highest BCUT2D eigenvalue weighted by Gasteiger charge is 2.54. The molecule has 0 saturated heterocycles. The van der Waals surface area contributed by atoms with Gasteiger partial charge in [-0.1, -0.05) is 0 Å². The summed E-state index contributed by atoms with van der Waals surface area (Å²) in [6.45, 7) is 0. The van der Waals surface area contributed by atoms with Crippen LogP contribution in [0.15, 0.2) is 0 Å². The van der Waals surface area contributed by atoms with Crippen LogP contribution in [0.5, 0.6) is 0 Å². The average Bonchev–Trinajstić information content (AvgIpc) is 1.96. The standard InChI is InChI=1S/C10H16FN/c11-10-3-6-1-7(4-10)9(12)8(2-6)5-10/h6-9H,1-5,12H2/t6?,7-,8+,9+,10-. The second-order valence-electron chi connectivity index (χ2n) is 5.20. The SMILES string of the molecule is N[C@H]1[C@@H]2CC3C[C@H]1C[C@@](F)(C3)C2. The topological polar surface area (TPSA) is 26.0 Å². The number of alkyl halides is 1. The van der Waals surface area contributed by atoms with E-state index < -0.39 is 5.67 Å². The van der Waals surface area contributed by atoms with Gasteiger partial charge in [-0.3, -0.25) is 0 Å². The van der Waals surface area contributed by atoms with Crippen LogP contribution in [0.2, 0.25) is 0 Å². The van der Waals surface area contributed by atoms with Crippen molar-refractivity contribution in [1.29, 1.82) is 0 Å². The maximum absolute atomic E-state index is 14.0. The number of hydrogen-bond donors (Lipinski definition) is 1. The molecule has 0 amide bonds. The molecule has 4 saturated carbocycles. The van der Waals surface area contributed by atoms with Crippen LogP contribution >= 0.6 is 0 Å². The molecule has 4 aliphatic carbocycles. The Morgan fingerprint density at radius 2 is 1.67 bits per heavy atom. The van der Waals surface area contributed by atoms with Crippen LogP contribution in [0.25, 0.3) is 0 Å².